The summed E-state index contributed by atoms with van der Waals surface area (Å²) in [6.07, 6.45) is 48.7. The van der Waals surface area contributed by atoms with Crippen LogP contribution in [0.4, 0.5) is 0 Å². The Morgan fingerprint density at radius 3 is 0.769 bits per heavy atom. The Labute approximate surface area is 896 Å². The highest BCUT2D eigenvalue weighted by Crippen LogP contribution is 2.37. The van der Waals surface area contributed by atoms with Crippen LogP contribution in [-0.2, 0) is 6.42 Å². The van der Waals surface area contributed by atoms with E-state index in [1.54, 1.807) is 0 Å². The van der Waals surface area contributed by atoms with Crippen LogP contribution >= 0.6 is 0 Å². The molecular weight excluding hydrogens is 1830 g/mol. The summed E-state index contributed by atoms with van der Waals surface area (Å²) in [4.78, 5) is 0. The predicted octanol–water partition coefficient (Wildman–Crippen LogP) is 37.0. The van der Waals surface area contributed by atoms with Gasteiger partial charge in [-0.2, -0.15) is 0 Å². The molecular formula is C132H206O15. The minimum absolute atomic E-state index is 0.248. The second-order valence-corrected chi connectivity index (χ2v) is 42.6. The van der Waals surface area contributed by atoms with Gasteiger partial charge in [-0.05, 0) is 335 Å². The molecule has 8 aromatic rings. The van der Waals surface area contributed by atoms with Gasteiger partial charge in [0, 0.05) is 30.3 Å². The van der Waals surface area contributed by atoms with E-state index in [9.17, 15) is 10.2 Å². The monoisotopic (exact) mass is 2030 g/mol. The Bertz CT molecular complexity index is 4390. The number of hydrogen-bond acceptors (Lipinski definition) is 15. The molecule has 824 valence electrons. The van der Waals surface area contributed by atoms with Crippen molar-refractivity contribution in [2.24, 2.45) is 59.2 Å². The van der Waals surface area contributed by atoms with Gasteiger partial charge in [0.05, 0.1) is 96.1 Å². The molecule has 5 saturated carbocycles. The summed E-state index contributed by atoms with van der Waals surface area (Å²) in [5.41, 5.74) is 3.34. The lowest BCUT2D eigenvalue weighted by Crippen LogP contribution is -2.19. The molecule has 0 saturated heterocycles. The summed E-state index contributed by atoms with van der Waals surface area (Å²) < 4.78 is 75.8. The van der Waals surface area contributed by atoms with Gasteiger partial charge >= 0.3 is 0 Å². The first kappa shape index (κ1) is 127. The van der Waals surface area contributed by atoms with E-state index >= 15 is 0 Å². The number of unbranched alkanes of at least 4 members (excludes halogenated alkanes) is 1. The molecule has 147 heavy (non-hydrogen) atoms. The highest BCUT2D eigenvalue weighted by molar-refractivity contribution is 5.38. The maximum absolute atomic E-state index is 10.3. The molecule has 8 atom stereocenters. The first-order valence-corrected chi connectivity index (χ1v) is 59.0. The molecule has 5 aliphatic carbocycles. The minimum Gasteiger partial charge on any atom is -0.493 e. The number of ether oxygens (including phenoxy) is 13. The third-order valence-corrected chi connectivity index (χ3v) is 29.6. The van der Waals surface area contributed by atoms with Crippen molar-refractivity contribution in [3.05, 3.63) is 211 Å². The molecule has 8 aromatic carbocycles. The maximum atomic E-state index is 10.3. The fourth-order valence-electron chi connectivity index (χ4n) is 18.1. The van der Waals surface area contributed by atoms with E-state index in [0.29, 0.717) is 17.8 Å². The van der Waals surface area contributed by atoms with E-state index in [1.807, 2.05) is 170 Å². The summed E-state index contributed by atoms with van der Waals surface area (Å²) in [6, 6.07) is 64.4. The lowest BCUT2D eigenvalue weighted by atomic mass is 9.86. The quantitative estimate of drug-likeness (QED) is 0.0370. The summed E-state index contributed by atoms with van der Waals surface area (Å²) >= 11 is 0. The van der Waals surface area contributed by atoms with Gasteiger partial charge in [-0.1, -0.05) is 293 Å². The lowest BCUT2D eigenvalue weighted by molar-refractivity contribution is 0.115. The fraction of sp³-hybridized carbons (Fsp3) is 0.636. The predicted molar refractivity (Wildman–Crippen MR) is 616 cm³/mol. The van der Waals surface area contributed by atoms with Crippen LogP contribution in [0.5, 0.6) is 74.7 Å². The second-order valence-electron chi connectivity index (χ2n) is 42.6. The van der Waals surface area contributed by atoms with Crippen molar-refractivity contribution in [1.82, 2.24) is 0 Å². The van der Waals surface area contributed by atoms with E-state index in [0.717, 1.165) is 220 Å². The van der Waals surface area contributed by atoms with Gasteiger partial charge in [0.1, 0.15) is 74.7 Å². The molecule has 2 N–H and O–H groups in total. The zero-order valence-corrected chi connectivity index (χ0v) is 95.9. The van der Waals surface area contributed by atoms with Crippen LogP contribution in [0.25, 0.3) is 0 Å². The molecule has 5 aliphatic rings. The molecule has 0 bridgehead atoms. The Balaban J connectivity index is 0.000000257. The number of hydrogen-bond donors (Lipinski definition) is 2. The Kier molecular flexibility index (Phi) is 67.5. The van der Waals surface area contributed by atoms with Gasteiger partial charge in [-0.25, -0.2) is 0 Å². The SMILES string of the molecule is CCC(CC)COc1cccc(O[C@@H](C)CC)c1.CCCC(CCC)COc1cccc(O[C@@H](C)CC)c1.CCCC(CCC)COc1cccc([C@H](O)[C@H](C)CC)c1.CCCCc1cccc(OCC2CCC2)c1.CCCOc1cccc(OCC2CCC2)c1.CC[C@@H](C)[C@@H](O)c1cccc(OCC2CCCC2)c1.CC[C@H](C)Oc1cccc(OCC2CCCC2)c1.CC[C@H](C)Oc1cccc(OCC2CCCCC2)c1. The van der Waals surface area contributed by atoms with Crippen LogP contribution in [0.2, 0.25) is 0 Å². The van der Waals surface area contributed by atoms with E-state index in [4.69, 9.17) is 61.6 Å². The van der Waals surface area contributed by atoms with E-state index < -0.39 is 6.10 Å². The highest BCUT2D eigenvalue weighted by atomic mass is 16.5. The third-order valence-electron chi connectivity index (χ3n) is 29.6. The normalized spacial score (nSPS) is 15.7. The van der Waals surface area contributed by atoms with Gasteiger partial charge in [0.15, 0.2) is 0 Å². The Morgan fingerprint density at radius 1 is 0.238 bits per heavy atom. The number of aryl methyl sites for hydroxylation is 1. The molecule has 15 nitrogen and oxygen atoms in total. The zero-order valence-electron chi connectivity index (χ0n) is 95.9. The Hall–Kier alpha value is -8.92. The van der Waals surface area contributed by atoms with Crippen molar-refractivity contribution in [1.29, 1.82) is 0 Å². The summed E-state index contributed by atoms with van der Waals surface area (Å²) in [5, 5.41) is 20.5. The van der Waals surface area contributed by atoms with Gasteiger partial charge < -0.3 is 71.8 Å². The summed E-state index contributed by atoms with van der Waals surface area (Å²) in [6.45, 7) is 50.4. The number of aliphatic hydroxyl groups excluding tert-OH is 2. The molecule has 0 spiro atoms. The van der Waals surface area contributed by atoms with Crippen molar-refractivity contribution in [2.45, 2.75) is 426 Å². The molecule has 0 amide bonds. The average molecular weight is 2030 g/mol. The molecule has 0 radical (unpaired) electrons. The molecule has 0 aromatic heterocycles. The highest BCUT2D eigenvalue weighted by Gasteiger charge is 2.24. The van der Waals surface area contributed by atoms with E-state index in [2.05, 4.69) is 163 Å². The minimum atomic E-state index is -0.402. The zero-order chi connectivity index (χ0) is 106. The van der Waals surface area contributed by atoms with Gasteiger partial charge in [0.2, 0.25) is 0 Å². The molecule has 0 heterocycles. The topological polar surface area (TPSA) is 160 Å². The number of benzene rings is 8. The first-order valence-electron chi connectivity index (χ1n) is 59.0. The first-order chi connectivity index (χ1) is 71.5. The standard InChI is InChI=1S/C19H32O2.C18H30O2.2C17H26O2.C16H24O2.C16H26O2.C15H22O.C14H20O2/c1-5-9-16(10-6-2)14-21-18-12-8-11-17(13-18)19(20)15(4)7-3;1-5-9-16(10-6-2)14-19-17-11-8-12-18(13-17)20-15(4)7-3;1-3-13(2)17(18)15-9-6-10-16(11-15)19-12-14-7-4-5-8-14;1-3-14(2)19-17-11-7-10-16(12-17)18-13-15-8-5-4-6-9-15;1-3-13(2)18-16-10-6-9-15(11-16)17-12-14-7-4-5-8-14;1-5-13(4)18-16-10-8-9-15(11-16)17-12-14(6-2)7-3;1-2-3-6-13-7-5-10-15(11-13)16-12-14-8-4-9-14;1-2-9-15-13-7-4-8-14(10-13)16-11-12-5-3-6-12/h8,11-13,15-16,19-20H,5-7,9-10,14H2,1-4H3;8,11-13,15-16H,5-7,9-10,14H2,1-4H3;6,9-11,13-14,17-18H,3-5,7-8,12H2,1-2H3;7,10-12,14-15H,3-6,8-9,13H2,1-2H3;6,9-11,13-14H,3-5,7-8,12H2,1-2H3;8-11,13-14H,5-7,12H2,1-4H3;5,7,10-11,14H,2-4,6,8-9,12H2,1H3;4,7-8,10,12H,2-3,5-6,9,11H2,1H3/t15-,19-;15-;13-,17-;14-;2*13-;;/m101000../s1. The van der Waals surface area contributed by atoms with Gasteiger partial charge in [-0.3, -0.25) is 0 Å². The van der Waals surface area contributed by atoms with Crippen molar-refractivity contribution >= 4 is 0 Å². The lowest BCUT2D eigenvalue weighted by Gasteiger charge is -2.25. The third kappa shape index (κ3) is 55.1. The van der Waals surface area contributed by atoms with Crippen molar-refractivity contribution in [2.75, 3.05) is 59.5 Å². The summed E-state index contributed by atoms with van der Waals surface area (Å²) in [7, 11) is 0. The van der Waals surface area contributed by atoms with Crippen LogP contribution in [0, 0.1) is 59.2 Å². The molecule has 0 aliphatic heterocycles. The second kappa shape index (κ2) is 78.3. The molecule has 13 rings (SSSR count). The molecule has 5 fully saturated rings. The van der Waals surface area contributed by atoms with E-state index in [1.165, 1.54) is 211 Å². The van der Waals surface area contributed by atoms with Crippen molar-refractivity contribution < 1.29 is 71.8 Å². The van der Waals surface area contributed by atoms with Crippen LogP contribution < -0.4 is 61.6 Å². The van der Waals surface area contributed by atoms with Crippen molar-refractivity contribution in [3.63, 3.8) is 0 Å². The fourth-order valence-corrected chi connectivity index (χ4v) is 18.1. The van der Waals surface area contributed by atoms with Crippen LogP contribution in [0.3, 0.4) is 0 Å². The van der Waals surface area contributed by atoms with Crippen LogP contribution in [-0.4, -0.2) is 94.1 Å². The van der Waals surface area contributed by atoms with Crippen LogP contribution in [0.1, 0.15) is 411 Å². The number of rotatable bonds is 58. The van der Waals surface area contributed by atoms with Crippen molar-refractivity contribution in [3.8, 4) is 74.7 Å². The molecule has 15 heteroatoms. The van der Waals surface area contributed by atoms with Gasteiger partial charge in [-0.15, -0.1) is 0 Å². The van der Waals surface area contributed by atoms with E-state index in [-0.39, 0.29) is 42.4 Å². The Morgan fingerprint density at radius 2 is 0.490 bits per heavy atom. The smallest absolute Gasteiger partial charge is 0.123 e. The maximum Gasteiger partial charge on any atom is 0.123 e. The van der Waals surface area contributed by atoms with Gasteiger partial charge in [0.25, 0.3) is 0 Å². The van der Waals surface area contributed by atoms with Crippen LogP contribution in [0.15, 0.2) is 194 Å². The molecule has 0 unspecified atom stereocenters. The summed E-state index contributed by atoms with van der Waals surface area (Å²) in [5.74, 6) is 18.3. The number of aliphatic hydroxyl groups is 2. The average Bonchev–Trinajstić information content (AvgIpc) is 1.70. The largest absolute Gasteiger partial charge is 0.493 e.